The lowest BCUT2D eigenvalue weighted by atomic mass is 10.1. The molecule has 11 heteroatoms. The molecule has 27 heavy (non-hydrogen) atoms. The number of carbonyl (C=O) groups is 4. The number of carbonyl (C=O) groups excluding carboxylic acids is 4. The van der Waals surface area contributed by atoms with Crippen LogP contribution in [0.25, 0.3) is 0 Å². The topological polar surface area (TPSA) is 144 Å². The van der Waals surface area contributed by atoms with Gasteiger partial charge >= 0.3 is 6.09 Å². The number of rotatable bonds is 6. The van der Waals surface area contributed by atoms with Gasteiger partial charge < -0.3 is 26.0 Å². The van der Waals surface area contributed by atoms with Crippen molar-refractivity contribution in [3.05, 3.63) is 16.6 Å². The number of cyclic esters (lactones) is 1. The number of hydrogen-bond acceptors (Lipinski definition) is 7. The van der Waals surface area contributed by atoms with Crippen molar-refractivity contribution < 1.29 is 23.9 Å². The van der Waals surface area contributed by atoms with Crippen LogP contribution in [0.2, 0.25) is 0 Å². The lowest BCUT2D eigenvalue weighted by Crippen LogP contribution is -2.57. The largest absolute Gasteiger partial charge is 0.444 e. The molecule has 4 atom stereocenters. The first-order valence-electron chi connectivity index (χ1n) is 8.61. The van der Waals surface area contributed by atoms with Gasteiger partial charge in [0.2, 0.25) is 17.7 Å². The van der Waals surface area contributed by atoms with Crippen molar-refractivity contribution in [1.82, 2.24) is 20.5 Å². The monoisotopic (exact) mass is 395 g/mol. The second-order valence-corrected chi connectivity index (χ2v) is 7.29. The van der Waals surface area contributed by atoms with Crippen LogP contribution in [0.4, 0.5) is 4.79 Å². The molecule has 2 fully saturated rings. The molecule has 2 aliphatic heterocycles. The Labute approximate surface area is 159 Å². The van der Waals surface area contributed by atoms with Crippen molar-refractivity contribution in [2.45, 2.75) is 50.4 Å². The van der Waals surface area contributed by atoms with Crippen LogP contribution >= 0.6 is 11.3 Å². The fourth-order valence-electron chi connectivity index (χ4n) is 3.33. The molecule has 0 aliphatic carbocycles. The molecule has 1 aromatic heterocycles. The molecule has 0 aromatic carbocycles. The van der Waals surface area contributed by atoms with Gasteiger partial charge in [0.25, 0.3) is 0 Å². The molecule has 10 nitrogen and oxygen atoms in total. The number of thiazole rings is 1. The standard InChI is InChI=1S/C16H21N5O5S/c1-8-12(20-16(25)26-8)14(23)19-10(5-9-6-27-7-18-9)15(24)21-4-2-3-11(21)13(17)22/h6-8,10-12H,2-5H2,1H3,(H2,17,22)(H,19,23)(H,20,25)/t8-,10-,11-,12-/m0/s1. The molecule has 0 spiro atoms. The minimum atomic E-state index is -0.927. The van der Waals surface area contributed by atoms with Crippen molar-refractivity contribution in [3.8, 4) is 0 Å². The van der Waals surface area contributed by atoms with E-state index in [1.807, 2.05) is 0 Å². The third kappa shape index (κ3) is 4.18. The summed E-state index contributed by atoms with van der Waals surface area (Å²) in [6.07, 6.45) is 0.00450. The summed E-state index contributed by atoms with van der Waals surface area (Å²) in [4.78, 5) is 54.2. The van der Waals surface area contributed by atoms with Crippen LogP contribution in [0.15, 0.2) is 10.9 Å². The van der Waals surface area contributed by atoms with Gasteiger partial charge in [-0.3, -0.25) is 14.4 Å². The molecule has 0 saturated carbocycles. The summed E-state index contributed by atoms with van der Waals surface area (Å²) < 4.78 is 4.91. The van der Waals surface area contributed by atoms with E-state index in [-0.39, 0.29) is 6.42 Å². The van der Waals surface area contributed by atoms with Gasteiger partial charge in [0.1, 0.15) is 24.2 Å². The number of likely N-dealkylation sites (tertiary alicyclic amines) is 1. The predicted octanol–water partition coefficient (Wildman–Crippen LogP) is -0.856. The molecule has 4 N–H and O–H groups in total. The molecule has 0 unspecified atom stereocenters. The first kappa shape index (κ1) is 19.1. The van der Waals surface area contributed by atoms with Crippen molar-refractivity contribution in [2.75, 3.05) is 6.54 Å². The molecular weight excluding hydrogens is 374 g/mol. The Balaban J connectivity index is 1.76. The summed E-state index contributed by atoms with van der Waals surface area (Å²) in [6, 6.07) is -2.50. The third-order valence-corrected chi connectivity index (χ3v) is 5.33. The van der Waals surface area contributed by atoms with E-state index < -0.39 is 48.0 Å². The highest BCUT2D eigenvalue weighted by Crippen LogP contribution is 2.19. The normalized spacial score (nSPS) is 25.6. The van der Waals surface area contributed by atoms with E-state index in [9.17, 15) is 19.2 Å². The lowest BCUT2D eigenvalue weighted by molar-refractivity contribution is -0.140. The summed E-state index contributed by atoms with van der Waals surface area (Å²) in [5.41, 5.74) is 7.68. The number of primary amides is 1. The van der Waals surface area contributed by atoms with Gasteiger partial charge in [-0.05, 0) is 19.8 Å². The Kier molecular flexibility index (Phi) is 5.59. The van der Waals surface area contributed by atoms with Gasteiger partial charge in [-0.15, -0.1) is 11.3 Å². The van der Waals surface area contributed by atoms with Crippen LogP contribution in [0.1, 0.15) is 25.5 Å². The average molecular weight is 395 g/mol. The van der Waals surface area contributed by atoms with E-state index in [2.05, 4.69) is 15.6 Å². The van der Waals surface area contributed by atoms with E-state index in [1.165, 1.54) is 16.2 Å². The summed E-state index contributed by atoms with van der Waals surface area (Å²) in [5, 5.41) is 6.87. The number of hydrogen-bond donors (Lipinski definition) is 3. The fourth-order valence-corrected chi connectivity index (χ4v) is 3.90. The molecule has 3 heterocycles. The minimum Gasteiger partial charge on any atom is -0.444 e. The van der Waals surface area contributed by atoms with Crippen molar-refractivity contribution in [1.29, 1.82) is 0 Å². The average Bonchev–Trinajstić information content (AvgIpc) is 3.34. The molecule has 2 saturated heterocycles. The Morgan fingerprint density at radius 1 is 1.52 bits per heavy atom. The fraction of sp³-hybridized carbons (Fsp3) is 0.562. The van der Waals surface area contributed by atoms with Gasteiger partial charge in [0, 0.05) is 18.3 Å². The summed E-state index contributed by atoms with van der Waals surface area (Å²) >= 11 is 1.38. The third-order valence-electron chi connectivity index (χ3n) is 4.69. The molecule has 1 aromatic rings. The van der Waals surface area contributed by atoms with Crippen LogP contribution in [0, 0.1) is 0 Å². The van der Waals surface area contributed by atoms with Gasteiger partial charge in [-0.2, -0.15) is 0 Å². The van der Waals surface area contributed by atoms with Gasteiger partial charge in [0.05, 0.1) is 11.2 Å². The molecular formula is C16H21N5O5S. The predicted molar refractivity (Wildman–Crippen MR) is 94.5 cm³/mol. The molecule has 146 valence electrons. The molecule has 2 aliphatic rings. The lowest BCUT2D eigenvalue weighted by Gasteiger charge is -2.28. The Bertz CT molecular complexity index is 740. The highest BCUT2D eigenvalue weighted by atomic mass is 32.1. The maximum absolute atomic E-state index is 13.0. The van der Waals surface area contributed by atoms with Crippen LogP contribution in [-0.4, -0.2) is 64.5 Å². The van der Waals surface area contributed by atoms with E-state index in [0.29, 0.717) is 25.1 Å². The van der Waals surface area contributed by atoms with Crippen molar-refractivity contribution in [3.63, 3.8) is 0 Å². The van der Waals surface area contributed by atoms with Gasteiger partial charge in [0.15, 0.2) is 0 Å². The number of nitrogens with zero attached hydrogens (tertiary/aromatic N) is 2. The summed E-state index contributed by atoms with van der Waals surface area (Å²) in [6.45, 7) is 1.98. The van der Waals surface area contributed by atoms with Crippen LogP contribution < -0.4 is 16.4 Å². The minimum absolute atomic E-state index is 0.173. The van der Waals surface area contributed by atoms with Crippen molar-refractivity contribution >= 4 is 35.2 Å². The van der Waals surface area contributed by atoms with Crippen LogP contribution in [0.3, 0.4) is 0 Å². The van der Waals surface area contributed by atoms with Crippen molar-refractivity contribution in [2.24, 2.45) is 5.73 Å². The molecule has 4 amide bonds. The first-order chi connectivity index (χ1) is 12.9. The Hall–Kier alpha value is -2.69. The number of ether oxygens (including phenoxy) is 1. The second-order valence-electron chi connectivity index (χ2n) is 6.57. The quantitative estimate of drug-likeness (QED) is 0.572. The first-order valence-corrected chi connectivity index (χ1v) is 9.55. The maximum Gasteiger partial charge on any atom is 0.408 e. The van der Waals surface area contributed by atoms with Crippen LogP contribution in [-0.2, 0) is 25.5 Å². The highest BCUT2D eigenvalue weighted by Gasteiger charge is 2.40. The second kappa shape index (κ2) is 7.91. The van der Waals surface area contributed by atoms with E-state index in [1.54, 1.807) is 17.8 Å². The number of nitrogens with two attached hydrogens (primary N) is 1. The zero-order chi connectivity index (χ0) is 19.6. The van der Waals surface area contributed by atoms with Gasteiger partial charge in [-0.1, -0.05) is 0 Å². The number of nitrogens with one attached hydrogen (secondary N) is 2. The Morgan fingerprint density at radius 3 is 2.89 bits per heavy atom. The SMILES string of the molecule is C[C@@H]1OC(=O)N[C@@H]1C(=O)N[C@@H](Cc1cscn1)C(=O)N1CCC[C@H]1C(N)=O. The summed E-state index contributed by atoms with van der Waals surface area (Å²) in [5.74, 6) is -1.49. The molecule has 0 radical (unpaired) electrons. The number of aromatic nitrogens is 1. The van der Waals surface area contributed by atoms with E-state index in [0.717, 1.165) is 0 Å². The molecule has 3 rings (SSSR count). The van der Waals surface area contributed by atoms with E-state index >= 15 is 0 Å². The Morgan fingerprint density at radius 2 is 2.30 bits per heavy atom. The van der Waals surface area contributed by atoms with Crippen LogP contribution in [0.5, 0.6) is 0 Å². The smallest absolute Gasteiger partial charge is 0.408 e. The number of alkyl carbamates (subject to hydrolysis) is 1. The van der Waals surface area contributed by atoms with Gasteiger partial charge in [-0.25, -0.2) is 9.78 Å². The zero-order valence-corrected chi connectivity index (χ0v) is 15.5. The van der Waals surface area contributed by atoms with E-state index in [4.69, 9.17) is 10.5 Å². The number of amides is 4. The summed E-state index contributed by atoms with van der Waals surface area (Å²) in [7, 11) is 0. The highest BCUT2D eigenvalue weighted by molar-refractivity contribution is 7.07. The maximum atomic E-state index is 13.0. The zero-order valence-electron chi connectivity index (χ0n) is 14.7. The molecule has 0 bridgehead atoms.